The van der Waals surface area contributed by atoms with Gasteiger partial charge in [0.05, 0.1) is 12.2 Å². The van der Waals surface area contributed by atoms with Gasteiger partial charge in [0, 0.05) is 19.6 Å². The zero-order valence-corrected chi connectivity index (χ0v) is 12.1. The van der Waals surface area contributed by atoms with E-state index in [4.69, 9.17) is 4.74 Å². The summed E-state index contributed by atoms with van der Waals surface area (Å²) in [5, 5.41) is 0. The van der Waals surface area contributed by atoms with E-state index in [0.29, 0.717) is 12.2 Å². The van der Waals surface area contributed by atoms with Gasteiger partial charge in [-0.15, -0.1) is 0 Å². The molecule has 2 rings (SSSR count). The molecule has 0 spiro atoms. The van der Waals surface area contributed by atoms with E-state index in [-0.39, 0.29) is 0 Å². The van der Waals surface area contributed by atoms with Gasteiger partial charge in [0.1, 0.15) is 0 Å². The Hall–Kier alpha value is -0.600. The number of allylic oxidation sites excluding steroid dienone is 2. The Kier molecular flexibility index (Phi) is 4.63. The van der Waals surface area contributed by atoms with E-state index in [9.17, 15) is 0 Å². The molecule has 2 aliphatic rings. The lowest BCUT2D eigenvalue weighted by Gasteiger charge is -2.36. The largest absolute Gasteiger partial charge is 0.373 e. The first-order valence-corrected chi connectivity index (χ1v) is 7.25. The highest BCUT2D eigenvalue weighted by Gasteiger charge is 2.23. The molecule has 0 bridgehead atoms. The molecule has 1 aliphatic heterocycles. The van der Waals surface area contributed by atoms with Crippen LogP contribution in [0.1, 0.15) is 40.0 Å². The standard InChI is InChI=1S/C16H27NO/c1-12(2)16-7-5-15(6-8-16)11-17-9-13(3)18-14(4)10-17/h5,13-14,16H,1,6-11H2,2-4H3/t13-,14-,16-/m1/s1. The van der Waals surface area contributed by atoms with Crippen LogP contribution in [0.15, 0.2) is 23.8 Å². The Morgan fingerprint density at radius 2 is 2.06 bits per heavy atom. The van der Waals surface area contributed by atoms with Crippen molar-refractivity contribution in [1.82, 2.24) is 4.90 Å². The van der Waals surface area contributed by atoms with Gasteiger partial charge in [0.2, 0.25) is 0 Å². The first-order valence-electron chi connectivity index (χ1n) is 7.25. The fraction of sp³-hybridized carbons (Fsp3) is 0.750. The van der Waals surface area contributed by atoms with Crippen LogP contribution in [-0.2, 0) is 4.74 Å². The van der Waals surface area contributed by atoms with E-state index < -0.39 is 0 Å². The maximum atomic E-state index is 5.78. The number of morpholine rings is 1. The van der Waals surface area contributed by atoms with E-state index >= 15 is 0 Å². The van der Waals surface area contributed by atoms with Gasteiger partial charge in [-0.3, -0.25) is 4.90 Å². The zero-order valence-electron chi connectivity index (χ0n) is 12.1. The van der Waals surface area contributed by atoms with E-state index in [1.54, 1.807) is 5.57 Å². The topological polar surface area (TPSA) is 12.5 Å². The van der Waals surface area contributed by atoms with Gasteiger partial charge in [-0.1, -0.05) is 23.8 Å². The molecule has 3 atom stereocenters. The SMILES string of the molecule is C=C(C)[C@@H]1CC=C(CN2C[C@@H](C)O[C@H](C)C2)CC1. The van der Waals surface area contributed by atoms with Crippen molar-refractivity contribution in [3.8, 4) is 0 Å². The maximum Gasteiger partial charge on any atom is 0.0678 e. The van der Waals surface area contributed by atoms with Crippen molar-refractivity contribution in [2.75, 3.05) is 19.6 Å². The summed E-state index contributed by atoms with van der Waals surface area (Å²) in [5.74, 6) is 0.719. The van der Waals surface area contributed by atoms with Crippen molar-refractivity contribution >= 4 is 0 Å². The number of rotatable bonds is 3. The van der Waals surface area contributed by atoms with Gasteiger partial charge in [0.25, 0.3) is 0 Å². The maximum absolute atomic E-state index is 5.78. The highest BCUT2D eigenvalue weighted by Crippen LogP contribution is 2.28. The zero-order chi connectivity index (χ0) is 13.1. The quantitative estimate of drug-likeness (QED) is 0.711. The first-order chi connectivity index (χ1) is 8.54. The molecule has 1 saturated heterocycles. The Bertz CT molecular complexity index is 324. The smallest absolute Gasteiger partial charge is 0.0678 e. The third-order valence-corrected chi connectivity index (χ3v) is 4.12. The molecule has 0 N–H and O–H groups in total. The van der Waals surface area contributed by atoms with Crippen molar-refractivity contribution in [3.63, 3.8) is 0 Å². The van der Waals surface area contributed by atoms with E-state index in [2.05, 4.69) is 38.3 Å². The van der Waals surface area contributed by atoms with Crippen LogP contribution in [0, 0.1) is 5.92 Å². The number of nitrogens with zero attached hydrogens (tertiary/aromatic N) is 1. The minimum absolute atomic E-state index is 0.376. The van der Waals surface area contributed by atoms with Crippen molar-refractivity contribution in [2.45, 2.75) is 52.2 Å². The molecule has 0 aromatic carbocycles. The molecule has 102 valence electrons. The second-order valence-electron chi connectivity index (χ2n) is 6.13. The second-order valence-corrected chi connectivity index (χ2v) is 6.13. The molecule has 2 nitrogen and oxygen atoms in total. The first kappa shape index (κ1) is 13.8. The molecule has 1 fully saturated rings. The lowest BCUT2D eigenvalue weighted by atomic mass is 9.85. The fourth-order valence-corrected chi connectivity index (χ4v) is 3.18. The van der Waals surface area contributed by atoms with Gasteiger partial charge in [0.15, 0.2) is 0 Å². The van der Waals surface area contributed by atoms with Gasteiger partial charge < -0.3 is 4.74 Å². The minimum atomic E-state index is 0.376. The average Bonchev–Trinajstić information content (AvgIpc) is 2.28. The van der Waals surface area contributed by atoms with Crippen LogP contribution < -0.4 is 0 Å². The monoisotopic (exact) mass is 249 g/mol. The van der Waals surface area contributed by atoms with Crippen LogP contribution in [0.3, 0.4) is 0 Å². The molecule has 0 aromatic heterocycles. The second kappa shape index (κ2) is 6.03. The molecule has 0 amide bonds. The van der Waals surface area contributed by atoms with E-state index in [0.717, 1.165) is 25.6 Å². The van der Waals surface area contributed by atoms with Crippen molar-refractivity contribution < 1.29 is 4.74 Å². The summed E-state index contributed by atoms with van der Waals surface area (Å²) >= 11 is 0. The lowest BCUT2D eigenvalue weighted by Crippen LogP contribution is -2.46. The third-order valence-electron chi connectivity index (χ3n) is 4.12. The Balaban J connectivity index is 1.85. The summed E-state index contributed by atoms with van der Waals surface area (Å²) in [7, 11) is 0. The van der Waals surface area contributed by atoms with E-state index in [1.807, 2.05) is 0 Å². The molecule has 0 saturated carbocycles. The normalized spacial score (nSPS) is 34.2. The third kappa shape index (κ3) is 3.69. The number of ether oxygens (including phenoxy) is 1. The Morgan fingerprint density at radius 1 is 1.39 bits per heavy atom. The summed E-state index contributed by atoms with van der Waals surface area (Å²) < 4.78 is 5.78. The molecular formula is C16H27NO. The number of hydrogen-bond donors (Lipinski definition) is 0. The summed E-state index contributed by atoms with van der Waals surface area (Å²) in [5.41, 5.74) is 2.97. The molecular weight excluding hydrogens is 222 g/mol. The summed E-state index contributed by atoms with van der Waals surface area (Å²) in [6, 6.07) is 0. The highest BCUT2D eigenvalue weighted by atomic mass is 16.5. The highest BCUT2D eigenvalue weighted by molar-refractivity contribution is 5.13. The van der Waals surface area contributed by atoms with Gasteiger partial charge >= 0.3 is 0 Å². The molecule has 0 aromatic rings. The number of hydrogen-bond acceptors (Lipinski definition) is 2. The van der Waals surface area contributed by atoms with Crippen LogP contribution in [0.4, 0.5) is 0 Å². The van der Waals surface area contributed by atoms with Gasteiger partial charge in [-0.05, 0) is 46.0 Å². The van der Waals surface area contributed by atoms with Crippen molar-refractivity contribution in [1.29, 1.82) is 0 Å². The molecule has 2 heteroatoms. The summed E-state index contributed by atoms with van der Waals surface area (Å²) in [6.07, 6.45) is 6.93. The van der Waals surface area contributed by atoms with E-state index in [1.165, 1.54) is 24.8 Å². The van der Waals surface area contributed by atoms with Crippen LogP contribution >= 0.6 is 0 Å². The van der Waals surface area contributed by atoms with Crippen molar-refractivity contribution in [3.05, 3.63) is 23.8 Å². The van der Waals surface area contributed by atoms with Crippen LogP contribution in [0.5, 0.6) is 0 Å². The summed E-state index contributed by atoms with van der Waals surface area (Å²) in [6.45, 7) is 13.9. The molecule has 1 heterocycles. The molecule has 18 heavy (non-hydrogen) atoms. The minimum Gasteiger partial charge on any atom is -0.373 e. The lowest BCUT2D eigenvalue weighted by molar-refractivity contribution is -0.0655. The molecule has 0 unspecified atom stereocenters. The predicted molar refractivity (Wildman–Crippen MR) is 76.7 cm³/mol. The van der Waals surface area contributed by atoms with Crippen LogP contribution in [0.25, 0.3) is 0 Å². The summed E-state index contributed by atoms with van der Waals surface area (Å²) in [4.78, 5) is 2.55. The van der Waals surface area contributed by atoms with Crippen molar-refractivity contribution in [2.24, 2.45) is 5.92 Å². The Labute approximate surface area is 112 Å². The van der Waals surface area contributed by atoms with Gasteiger partial charge in [-0.25, -0.2) is 0 Å². The molecule has 1 aliphatic carbocycles. The van der Waals surface area contributed by atoms with Crippen LogP contribution in [-0.4, -0.2) is 36.7 Å². The predicted octanol–water partition coefficient (Wildman–Crippen LogP) is 3.40. The van der Waals surface area contributed by atoms with Crippen LogP contribution in [0.2, 0.25) is 0 Å². The Morgan fingerprint density at radius 3 is 2.56 bits per heavy atom. The van der Waals surface area contributed by atoms with Gasteiger partial charge in [-0.2, -0.15) is 0 Å². The fourth-order valence-electron chi connectivity index (χ4n) is 3.18. The average molecular weight is 249 g/mol. The molecule has 0 radical (unpaired) electrons.